The summed E-state index contributed by atoms with van der Waals surface area (Å²) in [5, 5.41) is 18.4. The molecule has 0 saturated heterocycles. The molecule has 2 aromatic rings. The quantitative estimate of drug-likeness (QED) is 0.719. The van der Waals surface area contributed by atoms with Gasteiger partial charge in [0.1, 0.15) is 0 Å². The van der Waals surface area contributed by atoms with E-state index in [1.807, 2.05) is 0 Å². The summed E-state index contributed by atoms with van der Waals surface area (Å²) in [6.07, 6.45) is 0. The van der Waals surface area contributed by atoms with Crippen LogP contribution in [0.4, 0.5) is 6.01 Å². The summed E-state index contributed by atoms with van der Waals surface area (Å²) in [4.78, 5) is 0. The zero-order valence-electron chi connectivity index (χ0n) is 11.1. The summed E-state index contributed by atoms with van der Waals surface area (Å²) in [5.74, 6) is 0.570. The van der Waals surface area contributed by atoms with Crippen LogP contribution in [0.1, 0.15) is 17.0 Å². The Morgan fingerprint density at radius 1 is 1.32 bits per heavy atom. The number of hydrogen-bond donors (Lipinski definition) is 2. The molecule has 0 unspecified atom stereocenters. The molecule has 0 amide bonds. The minimum Gasteiger partial charge on any atom is -0.407 e. The molecule has 0 atom stereocenters. The van der Waals surface area contributed by atoms with Crippen molar-refractivity contribution in [1.29, 1.82) is 0 Å². The molecule has 2 N–H and O–H groups in total. The molecule has 2 aromatic heterocycles. The molecule has 7 heteroatoms. The zero-order valence-corrected chi connectivity index (χ0v) is 11.9. The molecule has 0 fully saturated rings. The lowest BCUT2D eigenvalue weighted by atomic mass is 10.2. The molecule has 0 aliphatic rings. The maximum absolute atomic E-state index is 5.47. The van der Waals surface area contributed by atoms with Crippen molar-refractivity contribution >= 4 is 17.4 Å². The van der Waals surface area contributed by atoms with Crippen molar-refractivity contribution in [3.8, 4) is 0 Å². The third-order valence-corrected chi connectivity index (χ3v) is 3.53. The molecule has 0 saturated carbocycles. The highest BCUT2D eigenvalue weighted by Crippen LogP contribution is 2.15. The van der Waals surface area contributed by atoms with Gasteiger partial charge in [-0.15, -0.1) is 5.10 Å². The topological polar surface area (TPSA) is 72.2 Å². The summed E-state index contributed by atoms with van der Waals surface area (Å²) in [5.41, 5.74) is 2.53. The van der Waals surface area contributed by atoms with Crippen LogP contribution in [-0.2, 0) is 17.8 Å². The van der Waals surface area contributed by atoms with E-state index < -0.39 is 0 Å². The van der Waals surface area contributed by atoms with Gasteiger partial charge in [-0.1, -0.05) is 5.10 Å². The van der Waals surface area contributed by atoms with Crippen molar-refractivity contribution in [2.24, 2.45) is 0 Å². The van der Waals surface area contributed by atoms with Gasteiger partial charge in [0, 0.05) is 20.2 Å². The highest BCUT2D eigenvalue weighted by atomic mass is 32.1. The van der Waals surface area contributed by atoms with E-state index >= 15 is 0 Å². The van der Waals surface area contributed by atoms with E-state index in [9.17, 15) is 0 Å². The van der Waals surface area contributed by atoms with Crippen LogP contribution in [-0.4, -0.2) is 30.5 Å². The van der Waals surface area contributed by atoms with Gasteiger partial charge in [0.2, 0.25) is 5.89 Å². The van der Waals surface area contributed by atoms with Crippen LogP contribution in [0.3, 0.4) is 0 Å². The van der Waals surface area contributed by atoms with Crippen molar-refractivity contribution in [1.82, 2.24) is 15.5 Å². The van der Waals surface area contributed by atoms with Gasteiger partial charge >= 0.3 is 6.01 Å². The number of methoxy groups -OCH3 is 1. The smallest absolute Gasteiger partial charge is 0.315 e. The number of thiophene rings is 1. The Hall–Kier alpha value is -1.44. The van der Waals surface area contributed by atoms with Gasteiger partial charge in [0.25, 0.3) is 0 Å². The third kappa shape index (κ3) is 4.30. The number of nitrogens with zero attached hydrogens (tertiary/aromatic N) is 2. The van der Waals surface area contributed by atoms with E-state index in [1.54, 1.807) is 18.4 Å². The number of ether oxygens (including phenoxy) is 1. The van der Waals surface area contributed by atoms with Gasteiger partial charge in [-0.2, -0.15) is 11.3 Å². The van der Waals surface area contributed by atoms with Gasteiger partial charge in [0.15, 0.2) is 0 Å². The Bertz CT molecular complexity index is 497. The molecule has 0 spiro atoms. The summed E-state index contributed by atoms with van der Waals surface area (Å²) in [6, 6.07) is 0.453. The number of aryl methyl sites for hydroxylation is 1. The van der Waals surface area contributed by atoms with Crippen molar-refractivity contribution in [3.05, 3.63) is 27.8 Å². The predicted molar refractivity (Wildman–Crippen MR) is 74.3 cm³/mol. The molecular weight excluding hydrogens is 264 g/mol. The Morgan fingerprint density at radius 3 is 2.95 bits per heavy atom. The lowest BCUT2D eigenvalue weighted by Gasteiger charge is -2.01. The molecule has 104 valence electrons. The normalized spacial score (nSPS) is 10.8. The first kappa shape index (κ1) is 14.0. The highest BCUT2D eigenvalue weighted by molar-refractivity contribution is 7.08. The molecule has 19 heavy (non-hydrogen) atoms. The number of hydrogen-bond acceptors (Lipinski definition) is 7. The molecule has 6 nitrogen and oxygen atoms in total. The third-order valence-electron chi connectivity index (χ3n) is 2.62. The van der Waals surface area contributed by atoms with E-state index in [4.69, 9.17) is 9.15 Å². The van der Waals surface area contributed by atoms with E-state index in [0.717, 1.165) is 6.54 Å². The average molecular weight is 282 g/mol. The first-order chi connectivity index (χ1) is 9.29. The molecule has 0 aliphatic carbocycles. The number of rotatable bonds is 8. The first-order valence-electron chi connectivity index (χ1n) is 6.07. The Labute approximate surface area is 116 Å². The fraction of sp³-hybridized carbons (Fsp3) is 0.500. The van der Waals surface area contributed by atoms with Crippen LogP contribution in [0.15, 0.2) is 15.2 Å². The maximum Gasteiger partial charge on any atom is 0.315 e. The molecule has 2 heterocycles. The summed E-state index contributed by atoms with van der Waals surface area (Å²) in [6.45, 7) is 4.77. The SMILES string of the molecule is COCCNCc1nnc(NCc2cscc2C)o1. The maximum atomic E-state index is 5.47. The monoisotopic (exact) mass is 282 g/mol. The van der Waals surface area contributed by atoms with E-state index in [2.05, 4.69) is 38.5 Å². The predicted octanol–water partition coefficient (Wildman–Crippen LogP) is 1.79. The lowest BCUT2D eigenvalue weighted by Crippen LogP contribution is -2.18. The van der Waals surface area contributed by atoms with Gasteiger partial charge < -0.3 is 19.8 Å². The molecular formula is C12H18N4O2S. The van der Waals surface area contributed by atoms with Crippen molar-refractivity contribution < 1.29 is 9.15 Å². The van der Waals surface area contributed by atoms with E-state index in [-0.39, 0.29) is 0 Å². The van der Waals surface area contributed by atoms with Crippen LogP contribution in [0.25, 0.3) is 0 Å². The minimum absolute atomic E-state index is 0.453. The van der Waals surface area contributed by atoms with Crippen molar-refractivity contribution in [2.45, 2.75) is 20.0 Å². The summed E-state index contributed by atoms with van der Waals surface area (Å²) >= 11 is 1.69. The van der Waals surface area contributed by atoms with Crippen LogP contribution in [0.5, 0.6) is 0 Å². The fourth-order valence-corrected chi connectivity index (χ4v) is 2.36. The number of aromatic nitrogens is 2. The molecule has 0 bridgehead atoms. The Balaban J connectivity index is 1.76. The van der Waals surface area contributed by atoms with Crippen molar-refractivity contribution in [3.63, 3.8) is 0 Å². The second kappa shape index (κ2) is 7.22. The van der Waals surface area contributed by atoms with Crippen LogP contribution in [0.2, 0.25) is 0 Å². The van der Waals surface area contributed by atoms with Gasteiger partial charge in [0.05, 0.1) is 13.2 Å². The molecule has 2 rings (SSSR count). The zero-order chi connectivity index (χ0) is 13.5. The minimum atomic E-state index is 0.453. The van der Waals surface area contributed by atoms with Crippen LogP contribution in [0, 0.1) is 6.92 Å². The largest absolute Gasteiger partial charge is 0.407 e. The first-order valence-corrected chi connectivity index (χ1v) is 7.01. The average Bonchev–Trinajstić information content (AvgIpc) is 3.01. The van der Waals surface area contributed by atoms with Crippen LogP contribution >= 0.6 is 11.3 Å². The van der Waals surface area contributed by atoms with E-state index in [0.29, 0.717) is 31.6 Å². The standard InChI is InChI=1S/C12H18N4O2S/c1-9-7-19-8-10(9)5-14-12-16-15-11(18-12)6-13-3-4-17-2/h7-8,13H,3-6H2,1-2H3,(H,14,16). The van der Waals surface area contributed by atoms with Gasteiger partial charge in [-0.25, -0.2) is 0 Å². The second-order valence-electron chi connectivity index (χ2n) is 4.10. The number of nitrogens with one attached hydrogen (secondary N) is 2. The highest BCUT2D eigenvalue weighted by Gasteiger charge is 2.06. The lowest BCUT2D eigenvalue weighted by molar-refractivity contribution is 0.198. The van der Waals surface area contributed by atoms with Gasteiger partial charge in [-0.3, -0.25) is 0 Å². The molecule has 0 aromatic carbocycles. The van der Waals surface area contributed by atoms with Gasteiger partial charge in [-0.05, 0) is 28.8 Å². The summed E-state index contributed by atoms with van der Waals surface area (Å²) in [7, 11) is 1.67. The molecule has 0 radical (unpaired) electrons. The Kier molecular flexibility index (Phi) is 5.31. The van der Waals surface area contributed by atoms with Crippen LogP contribution < -0.4 is 10.6 Å². The summed E-state index contributed by atoms with van der Waals surface area (Å²) < 4.78 is 10.4. The molecule has 0 aliphatic heterocycles. The fourth-order valence-electron chi connectivity index (χ4n) is 1.50. The van der Waals surface area contributed by atoms with E-state index in [1.165, 1.54) is 11.1 Å². The Morgan fingerprint density at radius 2 is 2.21 bits per heavy atom. The van der Waals surface area contributed by atoms with Crippen molar-refractivity contribution in [2.75, 3.05) is 25.6 Å². The number of anilines is 1. The second-order valence-corrected chi connectivity index (χ2v) is 4.85.